The van der Waals surface area contributed by atoms with Crippen molar-refractivity contribution in [2.24, 2.45) is 16.2 Å². The Hall–Kier alpha value is -0.0800. The van der Waals surface area contributed by atoms with Gasteiger partial charge in [-0.25, -0.2) is 0 Å². The molecule has 0 unspecified atom stereocenters. The standard InChI is InChI=1S/C16H31NO/c1-14(2)9-13(10-15(3,4)11-14)17-12-16(5-6-16)7-8-18/h13,17-18H,5-12H2,1-4H3. The molecule has 2 N–H and O–H groups in total. The molecule has 0 aromatic rings. The first-order valence-corrected chi connectivity index (χ1v) is 7.60. The summed E-state index contributed by atoms with van der Waals surface area (Å²) in [5, 5.41) is 12.9. The fourth-order valence-corrected chi connectivity index (χ4v) is 4.28. The van der Waals surface area contributed by atoms with Gasteiger partial charge in [-0.3, -0.25) is 0 Å². The summed E-state index contributed by atoms with van der Waals surface area (Å²) in [6.45, 7) is 11.1. The van der Waals surface area contributed by atoms with Crippen LogP contribution in [0.25, 0.3) is 0 Å². The van der Waals surface area contributed by atoms with Gasteiger partial charge in [0, 0.05) is 19.2 Å². The van der Waals surface area contributed by atoms with Gasteiger partial charge in [-0.05, 0) is 54.8 Å². The van der Waals surface area contributed by atoms with E-state index in [1.54, 1.807) is 0 Å². The molecule has 0 spiro atoms. The maximum atomic E-state index is 9.12. The van der Waals surface area contributed by atoms with Crippen molar-refractivity contribution in [3.8, 4) is 0 Å². The van der Waals surface area contributed by atoms with Gasteiger partial charge in [-0.15, -0.1) is 0 Å². The number of rotatable bonds is 5. The second-order valence-corrected chi connectivity index (χ2v) is 8.46. The van der Waals surface area contributed by atoms with Crippen LogP contribution in [0.3, 0.4) is 0 Å². The zero-order valence-corrected chi connectivity index (χ0v) is 12.7. The molecule has 2 aliphatic carbocycles. The smallest absolute Gasteiger partial charge is 0.0436 e. The second-order valence-electron chi connectivity index (χ2n) is 8.46. The molecule has 2 rings (SSSR count). The van der Waals surface area contributed by atoms with Crippen molar-refractivity contribution in [3.63, 3.8) is 0 Å². The molecule has 0 aromatic heterocycles. The van der Waals surface area contributed by atoms with Crippen LogP contribution in [0.15, 0.2) is 0 Å². The lowest BCUT2D eigenvalue weighted by molar-refractivity contribution is 0.0818. The zero-order chi connectivity index (χ0) is 13.4. The predicted octanol–water partition coefficient (Wildman–Crippen LogP) is 3.34. The highest BCUT2D eigenvalue weighted by Gasteiger charge is 2.43. The Bertz CT molecular complexity index is 275. The molecular formula is C16H31NO. The summed E-state index contributed by atoms with van der Waals surface area (Å²) in [4.78, 5) is 0. The van der Waals surface area contributed by atoms with Crippen LogP contribution >= 0.6 is 0 Å². The Morgan fingerprint density at radius 3 is 2.06 bits per heavy atom. The van der Waals surface area contributed by atoms with Gasteiger partial charge in [0.15, 0.2) is 0 Å². The summed E-state index contributed by atoms with van der Waals surface area (Å²) in [7, 11) is 0. The van der Waals surface area contributed by atoms with E-state index in [0.29, 0.717) is 28.9 Å². The molecule has 0 heterocycles. The van der Waals surface area contributed by atoms with E-state index in [0.717, 1.165) is 13.0 Å². The van der Waals surface area contributed by atoms with Crippen molar-refractivity contribution < 1.29 is 5.11 Å². The number of aliphatic hydroxyl groups is 1. The average Bonchev–Trinajstić information content (AvgIpc) is 2.91. The number of hydrogen-bond acceptors (Lipinski definition) is 2. The first-order chi connectivity index (χ1) is 8.26. The van der Waals surface area contributed by atoms with Gasteiger partial charge in [0.05, 0.1) is 0 Å². The summed E-state index contributed by atoms with van der Waals surface area (Å²) in [6, 6.07) is 0.667. The zero-order valence-electron chi connectivity index (χ0n) is 12.7. The van der Waals surface area contributed by atoms with Gasteiger partial charge in [0.25, 0.3) is 0 Å². The Morgan fingerprint density at radius 2 is 1.61 bits per heavy atom. The fraction of sp³-hybridized carbons (Fsp3) is 1.00. The SMILES string of the molecule is CC1(C)CC(NCC2(CCO)CC2)CC(C)(C)C1. The molecule has 0 atom stereocenters. The average molecular weight is 253 g/mol. The first kappa shape index (κ1) is 14.3. The highest BCUT2D eigenvalue weighted by molar-refractivity contribution is 4.98. The molecule has 2 saturated carbocycles. The van der Waals surface area contributed by atoms with E-state index >= 15 is 0 Å². The highest BCUT2D eigenvalue weighted by atomic mass is 16.3. The molecule has 2 aliphatic rings. The first-order valence-electron chi connectivity index (χ1n) is 7.60. The van der Waals surface area contributed by atoms with Gasteiger partial charge in [0.2, 0.25) is 0 Å². The van der Waals surface area contributed by atoms with E-state index in [2.05, 4.69) is 33.0 Å². The molecule has 0 aliphatic heterocycles. The van der Waals surface area contributed by atoms with E-state index in [9.17, 15) is 0 Å². The number of nitrogens with one attached hydrogen (secondary N) is 1. The summed E-state index contributed by atoms with van der Waals surface area (Å²) >= 11 is 0. The van der Waals surface area contributed by atoms with E-state index in [1.165, 1.54) is 32.1 Å². The van der Waals surface area contributed by atoms with Gasteiger partial charge < -0.3 is 10.4 Å². The molecule has 18 heavy (non-hydrogen) atoms. The van der Waals surface area contributed by atoms with Crippen LogP contribution < -0.4 is 5.32 Å². The van der Waals surface area contributed by atoms with Crippen molar-refractivity contribution in [2.45, 2.75) is 72.3 Å². The lowest BCUT2D eigenvalue weighted by Gasteiger charge is -2.45. The minimum Gasteiger partial charge on any atom is -0.396 e. The van der Waals surface area contributed by atoms with Crippen molar-refractivity contribution in [3.05, 3.63) is 0 Å². The van der Waals surface area contributed by atoms with Crippen LogP contribution in [0.1, 0.15) is 66.2 Å². The molecule has 0 saturated heterocycles. The summed E-state index contributed by atoms with van der Waals surface area (Å²) < 4.78 is 0. The molecule has 2 nitrogen and oxygen atoms in total. The van der Waals surface area contributed by atoms with E-state index < -0.39 is 0 Å². The van der Waals surface area contributed by atoms with Crippen LogP contribution in [-0.2, 0) is 0 Å². The third kappa shape index (κ3) is 3.71. The Morgan fingerprint density at radius 1 is 1.06 bits per heavy atom. The van der Waals surface area contributed by atoms with Gasteiger partial charge >= 0.3 is 0 Å². The molecule has 0 bridgehead atoms. The van der Waals surface area contributed by atoms with Crippen molar-refractivity contribution in [1.29, 1.82) is 0 Å². The Labute approximate surface area is 113 Å². The van der Waals surface area contributed by atoms with Gasteiger partial charge in [-0.1, -0.05) is 27.7 Å². The van der Waals surface area contributed by atoms with E-state index in [4.69, 9.17) is 5.11 Å². The minimum atomic E-state index is 0.351. The van der Waals surface area contributed by atoms with Crippen molar-refractivity contribution in [1.82, 2.24) is 5.32 Å². The largest absolute Gasteiger partial charge is 0.396 e. The Kier molecular flexibility index (Phi) is 3.81. The molecule has 0 amide bonds. The van der Waals surface area contributed by atoms with Crippen LogP contribution in [0.5, 0.6) is 0 Å². The highest BCUT2D eigenvalue weighted by Crippen LogP contribution is 2.49. The van der Waals surface area contributed by atoms with Crippen molar-refractivity contribution >= 4 is 0 Å². The van der Waals surface area contributed by atoms with Crippen LogP contribution in [0.4, 0.5) is 0 Å². The molecule has 2 fully saturated rings. The Balaban J connectivity index is 1.86. The predicted molar refractivity (Wildman–Crippen MR) is 76.6 cm³/mol. The molecular weight excluding hydrogens is 222 g/mol. The summed E-state index contributed by atoms with van der Waals surface area (Å²) in [5.74, 6) is 0. The fourth-order valence-electron chi connectivity index (χ4n) is 4.28. The van der Waals surface area contributed by atoms with Gasteiger partial charge in [0.1, 0.15) is 0 Å². The van der Waals surface area contributed by atoms with Gasteiger partial charge in [-0.2, -0.15) is 0 Å². The lowest BCUT2D eigenvalue weighted by Crippen LogP contribution is -2.45. The molecule has 0 radical (unpaired) electrons. The molecule has 106 valence electrons. The van der Waals surface area contributed by atoms with Crippen LogP contribution in [0.2, 0.25) is 0 Å². The van der Waals surface area contributed by atoms with Crippen LogP contribution in [0, 0.1) is 16.2 Å². The topological polar surface area (TPSA) is 32.3 Å². The maximum absolute atomic E-state index is 9.12. The van der Waals surface area contributed by atoms with E-state index in [1.807, 2.05) is 0 Å². The third-order valence-electron chi connectivity index (χ3n) is 4.92. The molecule has 0 aromatic carbocycles. The van der Waals surface area contributed by atoms with E-state index in [-0.39, 0.29) is 0 Å². The third-order valence-corrected chi connectivity index (χ3v) is 4.92. The number of aliphatic hydroxyl groups excluding tert-OH is 1. The molecule has 2 heteroatoms. The maximum Gasteiger partial charge on any atom is 0.0436 e. The summed E-state index contributed by atoms with van der Waals surface area (Å²) in [5.41, 5.74) is 1.38. The monoisotopic (exact) mass is 253 g/mol. The summed E-state index contributed by atoms with van der Waals surface area (Å²) in [6.07, 6.45) is 7.52. The normalized spacial score (nSPS) is 29.2. The minimum absolute atomic E-state index is 0.351. The number of hydrogen-bond donors (Lipinski definition) is 2. The van der Waals surface area contributed by atoms with Crippen molar-refractivity contribution in [2.75, 3.05) is 13.2 Å². The van der Waals surface area contributed by atoms with Crippen LogP contribution in [-0.4, -0.2) is 24.3 Å². The lowest BCUT2D eigenvalue weighted by atomic mass is 9.63. The quantitative estimate of drug-likeness (QED) is 0.787. The second kappa shape index (κ2) is 4.79.